The summed E-state index contributed by atoms with van der Waals surface area (Å²) in [6.07, 6.45) is 3.55. The minimum Gasteiger partial charge on any atom is -0.311 e. The van der Waals surface area contributed by atoms with Crippen LogP contribution >= 0.6 is 0 Å². The van der Waals surface area contributed by atoms with Crippen LogP contribution < -0.4 is 5.32 Å². The molecule has 0 saturated carbocycles. The molecule has 2 nitrogen and oxygen atoms in total. The molecule has 0 amide bonds. The van der Waals surface area contributed by atoms with Crippen LogP contribution in [0.2, 0.25) is 0 Å². The second-order valence-electron chi connectivity index (χ2n) is 5.32. The summed E-state index contributed by atoms with van der Waals surface area (Å²) >= 11 is 0. The van der Waals surface area contributed by atoms with Gasteiger partial charge in [0.05, 0.1) is 0 Å². The van der Waals surface area contributed by atoms with Crippen LogP contribution in [0, 0.1) is 0 Å². The zero-order valence-corrected chi connectivity index (χ0v) is 10.9. The third-order valence-electron chi connectivity index (χ3n) is 3.57. The van der Waals surface area contributed by atoms with Gasteiger partial charge in [-0.1, -0.05) is 18.6 Å². The van der Waals surface area contributed by atoms with E-state index in [0.717, 1.165) is 19.6 Å². The third-order valence-corrected chi connectivity index (χ3v) is 3.57. The summed E-state index contributed by atoms with van der Waals surface area (Å²) in [4.78, 5) is 2.61. The summed E-state index contributed by atoms with van der Waals surface area (Å²) in [6.45, 7) is 14.6. The summed E-state index contributed by atoms with van der Waals surface area (Å²) in [5.41, 5.74) is 1.75. The molecule has 1 heterocycles. The Bertz CT molecular complexity index is 231. The first-order chi connectivity index (χ1) is 6.98. The van der Waals surface area contributed by atoms with E-state index in [-0.39, 0.29) is 0 Å². The van der Waals surface area contributed by atoms with Gasteiger partial charge in [0.1, 0.15) is 0 Å². The van der Waals surface area contributed by atoms with Crippen molar-refractivity contribution in [2.45, 2.75) is 52.6 Å². The molecule has 1 saturated heterocycles. The zero-order valence-electron chi connectivity index (χ0n) is 10.9. The summed E-state index contributed by atoms with van der Waals surface area (Å²) in [5, 5.41) is 3.58. The van der Waals surface area contributed by atoms with E-state index in [0.29, 0.717) is 11.6 Å². The van der Waals surface area contributed by atoms with Crippen molar-refractivity contribution in [1.82, 2.24) is 10.2 Å². The number of hydrogen-bond donors (Lipinski definition) is 1. The number of rotatable bonds is 3. The highest BCUT2D eigenvalue weighted by Gasteiger charge is 2.34. The molecule has 1 aliphatic rings. The van der Waals surface area contributed by atoms with Crippen molar-refractivity contribution in [2.75, 3.05) is 19.6 Å². The van der Waals surface area contributed by atoms with Crippen LogP contribution in [0.5, 0.6) is 0 Å². The number of nitrogens with one attached hydrogen (secondary N) is 1. The average molecular weight is 210 g/mol. The average Bonchev–Trinajstić information content (AvgIpc) is 2.19. The van der Waals surface area contributed by atoms with E-state index in [1.54, 1.807) is 0 Å². The van der Waals surface area contributed by atoms with Crippen LogP contribution in [-0.4, -0.2) is 36.1 Å². The molecule has 88 valence electrons. The van der Waals surface area contributed by atoms with Crippen molar-refractivity contribution >= 4 is 0 Å². The van der Waals surface area contributed by atoms with Crippen LogP contribution in [0.4, 0.5) is 0 Å². The molecule has 1 rings (SSSR count). The van der Waals surface area contributed by atoms with Crippen LogP contribution in [0.1, 0.15) is 41.0 Å². The van der Waals surface area contributed by atoms with Crippen molar-refractivity contribution in [3.05, 3.63) is 11.6 Å². The Morgan fingerprint density at radius 1 is 1.53 bits per heavy atom. The van der Waals surface area contributed by atoms with Crippen LogP contribution in [0.3, 0.4) is 0 Å². The maximum Gasteiger partial charge on any atom is 0.0307 e. The highest BCUT2D eigenvalue weighted by molar-refractivity contribution is 5.01. The van der Waals surface area contributed by atoms with Crippen LogP contribution in [0.25, 0.3) is 0 Å². The van der Waals surface area contributed by atoms with Gasteiger partial charge in [-0.05, 0) is 34.1 Å². The second kappa shape index (κ2) is 5.13. The normalized spacial score (nSPS) is 32.7. The number of piperazine rings is 1. The van der Waals surface area contributed by atoms with E-state index in [9.17, 15) is 0 Å². The Hall–Kier alpha value is -0.340. The lowest BCUT2D eigenvalue weighted by Gasteiger charge is -2.47. The molecule has 2 atom stereocenters. The van der Waals surface area contributed by atoms with E-state index in [1.165, 1.54) is 12.0 Å². The van der Waals surface area contributed by atoms with E-state index in [2.05, 4.69) is 50.9 Å². The van der Waals surface area contributed by atoms with Gasteiger partial charge in [0.15, 0.2) is 0 Å². The highest BCUT2D eigenvalue weighted by atomic mass is 15.3. The van der Waals surface area contributed by atoms with Crippen molar-refractivity contribution in [3.63, 3.8) is 0 Å². The highest BCUT2D eigenvalue weighted by Crippen LogP contribution is 2.22. The second-order valence-corrected chi connectivity index (χ2v) is 5.32. The van der Waals surface area contributed by atoms with Gasteiger partial charge in [0.25, 0.3) is 0 Å². The molecule has 1 aliphatic heterocycles. The molecule has 0 bridgehead atoms. The molecular formula is C13H26N2. The van der Waals surface area contributed by atoms with Gasteiger partial charge in [-0.15, -0.1) is 0 Å². The van der Waals surface area contributed by atoms with Gasteiger partial charge in [-0.25, -0.2) is 0 Å². The summed E-state index contributed by atoms with van der Waals surface area (Å²) in [6, 6.07) is 0.621. The van der Waals surface area contributed by atoms with Crippen LogP contribution in [-0.2, 0) is 0 Å². The fraction of sp³-hybridized carbons (Fsp3) is 0.846. The Balaban J connectivity index is 2.66. The molecule has 0 aliphatic carbocycles. The lowest BCUT2D eigenvalue weighted by atomic mass is 9.92. The molecule has 2 unspecified atom stereocenters. The maximum atomic E-state index is 3.58. The Morgan fingerprint density at radius 2 is 2.20 bits per heavy atom. The largest absolute Gasteiger partial charge is 0.311 e. The van der Waals surface area contributed by atoms with Gasteiger partial charge in [-0.2, -0.15) is 0 Å². The van der Waals surface area contributed by atoms with E-state index >= 15 is 0 Å². The molecule has 2 heteroatoms. The fourth-order valence-corrected chi connectivity index (χ4v) is 2.06. The number of allylic oxidation sites excluding steroid dienone is 1. The first-order valence-corrected chi connectivity index (χ1v) is 6.10. The Labute approximate surface area is 94.7 Å². The monoisotopic (exact) mass is 210 g/mol. The van der Waals surface area contributed by atoms with Gasteiger partial charge in [0, 0.05) is 31.2 Å². The Kier molecular flexibility index (Phi) is 4.35. The predicted octanol–water partition coefficient (Wildman–Crippen LogP) is 2.42. The third kappa shape index (κ3) is 3.32. The molecular weight excluding hydrogens is 184 g/mol. The van der Waals surface area contributed by atoms with Crippen LogP contribution in [0.15, 0.2) is 11.6 Å². The van der Waals surface area contributed by atoms with Crippen molar-refractivity contribution in [1.29, 1.82) is 0 Å². The SMILES string of the molecule is CCC1(C)CNC(C)CN1CC=C(C)C. The molecule has 1 N–H and O–H groups in total. The summed E-state index contributed by atoms with van der Waals surface area (Å²) in [5.74, 6) is 0. The smallest absolute Gasteiger partial charge is 0.0307 e. The van der Waals surface area contributed by atoms with Crippen molar-refractivity contribution in [2.24, 2.45) is 0 Å². The first-order valence-electron chi connectivity index (χ1n) is 6.10. The number of hydrogen-bond acceptors (Lipinski definition) is 2. The van der Waals surface area contributed by atoms with E-state index in [1.807, 2.05) is 0 Å². The zero-order chi connectivity index (χ0) is 11.5. The van der Waals surface area contributed by atoms with Crippen molar-refractivity contribution in [3.8, 4) is 0 Å². The van der Waals surface area contributed by atoms with Crippen molar-refractivity contribution < 1.29 is 0 Å². The van der Waals surface area contributed by atoms with E-state index in [4.69, 9.17) is 0 Å². The Morgan fingerprint density at radius 3 is 2.73 bits per heavy atom. The van der Waals surface area contributed by atoms with Gasteiger partial charge >= 0.3 is 0 Å². The number of nitrogens with zero attached hydrogens (tertiary/aromatic N) is 1. The minimum atomic E-state index is 0.332. The summed E-state index contributed by atoms with van der Waals surface area (Å²) < 4.78 is 0. The van der Waals surface area contributed by atoms with E-state index < -0.39 is 0 Å². The van der Waals surface area contributed by atoms with Gasteiger partial charge in [-0.3, -0.25) is 4.90 Å². The molecule has 0 aromatic rings. The maximum absolute atomic E-state index is 3.58. The lowest BCUT2D eigenvalue weighted by Crippen LogP contribution is -2.62. The molecule has 15 heavy (non-hydrogen) atoms. The molecule has 0 aromatic carbocycles. The molecule has 0 radical (unpaired) electrons. The first kappa shape index (κ1) is 12.7. The lowest BCUT2D eigenvalue weighted by molar-refractivity contribution is 0.0644. The molecule has 0 spiro atoms. The summed E-state index contributed by atoms with van der Waals surface area (Å²) in [7, 11) is 0. The van der Waals surface area contributed by atoms with Gasteiger partial charge < -0.3 is 5.32 Å². The molecule has 0 aromatic heterocycles. The fourth-order valence-electron chi connectivity index (χ4n) is 2.06. The standard InChI is InChI=1S/C13H26N2/c1-6-13(5)10-14-12(4)9-15(13)8-7-11(2)3/h7,12,14H,6,8-10H2,1-5H3. The van der Waals surface area contributed by atoms with Gasteiger partial charge in [0.2, 0.25) is 0 Å². The quantitative estimate of drug-likeness (QED) is 0.720. The topological polar surface area (TPSA) is 15.3 Å². The molecule has 1 fully saturated rings. The predicted molar refractivity (Wildman–Crippen MR) is 67.2 cm³/mol. The minimum absolute atomic E-state index is 0.332.